The SMILES string of the molecule is CCCc1ccc(-c2ccc(B(O)O)c(F)c2C)cc1. The van der Waals surface area contributed by atoms with E-state index < -0.39 is 12.9 Å². The van der Waals surface area contributed by atoms with E-state index in [1.807, 2.05) is 24.3 Å². The van der Waals surface area contributed by atoms with Crippen LogP contribution in [0.25, 0.3) is 11.1 Å². The van der Waals surface area contributed by atoms with E-state index in [1.165, 1.54) is 11.6 Å². The fourth-order valence-electron chi connectivity index (χ4n) is 2.36. The summed E-state index contributed by atoms with van der Waals surface area (Å²) in [4.78, 5) is 0. The molecule has 0 atom stereocenters. The van der Waals surface area contributed by atoms with Gasteiger partial charge in [0.1, 0.15) is 5.82 Å². The van der Waals surface area contributed by atoms with Crippen LogP contribution in [0.3, 0.4) is 0 Å². The van der Waals surface area contributed by atoms with Crippen molar-refractivity contribution < 1.29 is 14.4 Å². The molecule has 4 heteroatoms. The quantitative estimate of drug-likeness (QED) is 0.839. The number of rotatable bonds is 4. The molecule has 0 unspecified atom stereocenters. The van der Waals surface area contributed by atoms with Crippen molar-refractivity contribution in [2.75, 3.05) is 0 Å². The minimum atomic E-state index is -1.78. The van der Waals surface area contributed by atoms with E-state index in [2.05, 4.69) is 6.92 Å². The van der Waals surface area contributed by atoms with Gasteiger partial charge in [-0.3, -0.25) is 0 Å². The Kier molecular flexibility index (Phi) is 4.58. The Morgan fingerprint density at radius 3 is 2.25 bits per heavy atom. The lowest BCUT2D eigenvalue weighted by atomic mass is 9.78. The molecular formula is C16H18BFO2. The first kappa shape index (κ1) is 14.8. The summed E-state index contributed by atoms with van der Waals surface area (Å²) in [7, 11) is -1.78. The van der Waals surface area contributed by atoms with Crippen LogP contribution in [0.4, 0.5) is 4.39 Å². The normalized spacial score (nSPS) is 10.7. The smallest absolute Gasteiger partial charge is 0.423 e. The Labute approximate surface area is 119 Å². The average Bonchev–Trinajstić information content (AvgIpc) is 2.43. The van der Waals surface area contributed by atoms with Gasteiger partial charge in [0.2, 0.25) is 0 Å². The first-order valence-electron chi connectivity index (χ1n) is 6.79. The van der Waals surface area contributed by atoms with Crippen molar-refractivity contribution in [3.8, 4) is 11.1 Å². The zero-order valence-corrected chi connectivity index (χ0v) is 11.7. The van der Waals surface area contributed by atoms with Crippen molar-refractivity contribution in [1.82, 2.24) is 0 Å². The molecule has 0 saturated carbocycles. The van der Waals surface area contributed by atoms with Crippen LogP contribution in [0.2, 0.25) is 0 Å². The van der Waals surface area contributed by atoms with Crippen LogP contribution in [0.15, 0.2) is 36.4 Å². The minimum Gasteiger partial charge on any atom is -0.423 e. The first-order chi connectivity index (χ1) is 9.54. The summed E-state index contributed by atoms with van der Waals surface area (Å²) < 4.78 is 14.1. The van der Waals surface area contributed by atoms with Gasteiger partial charge in [-0.2, -0.15) is 0 Å². The maximum Gasteiger partial charge on any atom is 0.491 e. The number of halogens is 1. The van der Waals surface area contributed by atoms with Crippen molar-refractivity contribution in [2.45, 2.75) is 26.7 Å². The summed E-state index contributed by atoms with van der Waals surface area (Å²) in [6.07, 6.45) is 2.12. The third-order valence-corrected chi connectivity index (χ3v) is 3.50. The largest absolute Gasteiger partial charge is 0.491 e. The molecule has 2 aromatic carbocycles. The molecular weight excluding hydrogens is 254 g/mol. The van der Waals surface area contributed by atoms with Crippen molar-refractivity contribution in [2.24, 2.45) is 0 Å². The van der Waals surface area contributed by atoms with Gasteiger partial charge in [-0.15, -0.1) is 0 Å². The molecule has 2 nitrogen and oxygen atoms in total. The minimum absolute atomic E-state index is 0.0890. The lowest BCUT2D eigenvalue weighted by Gasteiger charge is -2.11. The van der Waals surface area contributed by atoms with Gasteiger partial charge in [0.15, 0.2) is 0 Å². The van der Waals surface area contributed by atoms with E-state index in [0.29, 0.717) is 5.56 Å². The average molecular weight is 272 g/mol. The van der Waals surface area contributed by atoms with E-state index in [4.69, 9.17) is 10.0 Å². The number of hydrogen-bond acceptors (Lipinski definition) is 2. The zero-order chi connectivity index (χ0) is 14.7. The van der Waals surface area contributed by atoms with Crippen LogP contribution in [0, 0.1) is 12.7 Å². The summed E-state index contributed by atoms with van der Waals surface area (Å²) >= 11 is 0. The highest BCUT2D eigenvalue weighted by atomic mass is 19.1. The maximum atomic E-state index is 14.1. The second-order valence-corrected chi connectivity index (χ2v) is 4.96. The molecule has 0 saturated heterocycles. The molecule has 0 spiro atoms. The Hall–Kier alpha value is -1.65. The van der Waals surface area contributed by atoms with E-state index in [-0.39, 0.29) is 5.46 Å². The van der Waals surface area contributed by atoms with E-state index in [0.717, 1.165) is 24.0 Å². The van der Waals surface area contributed by atoms with Crippen LogP contribution in [0.5, 0.6) is 0 Å². The summed E-state index contributed by atoms with van der Waals surface area (Å²) in [5, 5.41) is 18.2. The summed E-state index contributed by atoms with van der Waals surface area (Å²) in [6.45, 7) is 3.78. The van der Waals surface area contributed by atoms with Crippen molar-refractivity contribution in [3.63, 3.8) is 0 Å². The molecule has 2 aromatic rings. The topological polar surface area (TPSA) is 40.5 Å². The molecule has 2 rings (SSSR count). The zero-order valence-electron chi connectivity index (χ0n) is 11.7. The molecule has 20 heavy (non-hydrogen) atoms. The second-order valence-electron chi connectivity index (χ2n) is 4.96. The third-order valence-electron chi connectivity index (χ3n) is 3.50. The first-order valence-corrected chi connectivity index (χ1v) is 6.79. The highest BCUT2D eigenvalue weighted by molar-refractivity contribution is 6.58. The van der Waals surface area contributed by atoms with Crippen molar-refractivity contribution >= 4 is 12.6 Å². The Morgan fingerprint density at radius 2 is 1.70 bits per heavy atom. The molecule has 0 aliphatic rings. The molecule has 0 aliphatic heterocycles. The second kappa shape index (κ2) is 6.20. The van der Waals surface area contributed by atoms with E-state index in [9.17, 15) is 4.39 Å². The fourth-order valence-corrected chi connectivity index (χ4v) is 2.36. The molecule has 0 amide bonds. The monoisotopic (exact) mass is 272 g/mol. The summed E-state index contributed by atoms with van der Waals surface area (Å²) in [5.41, 5.74) is 3.31. The number of benzene rings is 2. The van der Waals surface area contributed by atoms with Crippen LogP contribution in [-0.2, 0) is 6.42 Å². The predicted molar refractivity (Wildman–Crippen MR) is 80.4 cm³/mol. The van der Waals surface area contributed by atoms with Crippen LogP contribution in [0.1, 0.15) is 24.5 Å². The summed E-state index contributed by atoms with van der Waals surface area (Å²) in [6, 6.07) is 11.2. The van der Waals surface area contributed by atoms with Gasteiger partial charge in [0.25, 0.3) is 0 Å². The van der Waals surface area contributed by atoms with Gasteiger partial charge in [-0.25, -0.2) is 4.39 Å². The van der Waals surface area contributed by atoms with Gasteiger partial charge >= 0.3 is 7.12 Å². The predicted octanol–water partition coefficient (Wildman–Crippen LogP) is 2.43. The number of hydrogen-bond donors (Lipinski definition) is 2. The summed E-state index contributed by atoms with van der Waals surface area (Å²) in [5.74, 6) is -0.560. The van der Waals surface area contributed by atoms with Gasteiger partial charge < -0.3 is 10.0 Å². The molecule has 104 valence electrons. The maximum absolute atomic E-state index is 14.1. The van der Waals surface area contributed by atoms with Gasteiger partial charge in [0, 0.05) is 5.46 Å². The Bertz CT molecular complexity index is 594. The third kappa shape index (κ3) is 2.92. The Balaban J connectivity index is 2.40. The molecule has 0 heterocycles. The number of aryl methyl sites for hydroxylation is 1. The highest BCUT2D eigenvalue weighted by Gasteiger charge is 2.19. The fraction of sp³-hybridized carbons (Fsp3) is 0.250. The standard InChI is InChI=1S/C16H18BFO2/c1-3-4-12-5-7-13(8-6-12)14-9-10-15(17(19)20)16(18)11(14)2/h5-10,19-20H,3-4H2,1-2H3. The molecule has 0 bridgehead atoms. The highest BCUT2D eigenvalue weighted by Crippen LogP contribution is 2.25. The van der Waals surface area contributed by atoms with Crippen LogP contribution in [-0.4, -0.2) is 17.2 Å². The van der Waals surface area contributed by atoms with E-state index in [1.54, 1.807) is 13.0 Å². The molecule has 0 aliphatic carbocycles. The van der Waals surface area contributed by atoms with Crippen LogP contribution < -0.4 is 5.46 Å². The van der Waals surface area contributed by atoms with Gasteiger partial charge in [-0.1, -0.05) is 49.7 Å². The van der Waals surface area contributed by atoms with Gasteiger partial charge in [-0.05, 0) is 35.6 Å². The van der Waals surface area contributed by atoms with Crippen molar-refractivity contribution in [3.05, 3.63) is 53.3 Å². The molecule has 2 N–H and O–H groups in total. The Morgan fingerprint density at radius 1 is 1.05 bits per heavy atom. The van der Waals surface area contributed by atoms with Crippen molar-refractivity contribution in [1.29, 1.82) is 0 Å². The lowest BCUT2D eigenvalue weighted by Crippen LogP contribution is -2.33. The lowest BCUT2D eigenvalue weighted by molar-refractivity contribution is 0.423. The van der Waals surface area contributed by atoms with E-state index >= 15 is 0 Å². The molecule has 0 fully saturated rings. The van der Waals surface area contributed by atoms with Crippen LogP contribution >= 0.6 is 0 Å². The molecule has 0 radical (unpaired) electrons. The molecule has 0 aromatic heterocycles. The van der Waals surface area contributed by atoms with Gasteiger partial charge in [0.05, 0.1) is 0 Å².